The van der Waals surface area contributed by atoms with Gasteiger partial charge in [0.05, 0.1) is 22.3 Å². The number of halogens is 1. The highest BCUT2D eigenvalue weighted by Crippen LogP contribution is 2.33. The number of hydroxylamine groups is 4. The molecule has 9 heteroatoms. The average Bonchev–Trinajstić information content (AvgIpc) is 3.23. The van der Waals surface area contributed by atoms with Gasteiger partial charge in [0, 0.05) is 0 Å². The fourth-order valence-electron chi connectivity index (χ4n) is 3.89. The van der Waals surface area contributed by atoms with Crippen LogP contribution in [0.2, 0.25) is 0 Å². The molecule has 2 aliphatic heterocycles. The summed E-state index contributed by atoms with van der Waals surface area (Å²) in [5, 5.41) is 1.22. The summed E-state index contributed by atoms with van der Waals surface area (Å²) in [5.41, 5.74) is -0.474. The van der Waals surface area contributed by atoms with Crippen molar-refractivity contribution in [3.8, 4) is 0 Å². The highest BCUT2D eigenvalue weighted by atomic mass is 19.1. The lowest BCUT2D eigenvalue weighted by molar-refractivity contribution is -0.231. The third kappa shape index (κ3) is 3.38. The second kappa shape index (κ2) is 7.98. The van der Waals surface area contributed by atoms with E-state index in [1.807, 2.05) is 0 Å². The Morgan fingerprint density at radius 2 is 1.09 bits per heavy atom. The van der Waals surface area contributed by atoms with Crippen LogP contribution < -0.4 is 0 Å². The van der Waals surface area contributed by atoms with Gasteiger partial charge >= 0.3 is 0 Å². The zero-order chi connectivity index (χ0) is 24.0. The average molecular weight is 460 g/mol. The van der Waals surface area contributed by atoms with E-state index in [1.165, 1.54) is 55.5 Å². The minimum atomic E-state index is -1.56. The number of hydrogen-bond acceptors (Lipinski definition) is 6. The number of carbonyl (C=O) groups is 4. The summed E-state index contributed by atoms with van der Waals surface area (Å²) in [6, 6.07) is 17.7. The lowest BCUT2D eigenvalue weighted by Gasteiger charge is -2.33. The van der Waals surface area contributed by atoms with Crippen LogP contribution in [-0.2, 0) is 15.3 Å². The Balaban J connectivity index is 1.44. The lowest BCUT2D eigenvalue weighted by atomic mass is 9.97. The molecule has 0 aliphatic carbocycles. The Hall–Kier alpha value is -4.21. The van der Waals surface area contributed by atoms with E-state index in [1.54, 1.807) is 24.3 Å². The Morgan fingerprint density at radius 1 is 0.676 bits per heavy atom. The fourth-order valence-corrected chi connectivity index (χ4v) is 3.89. The van der Waals surface area contributed by atoms with Crippen LogP contribution in [0.3, 0.4) is 0 Å². The Kier molecular flexibility index (Phi) is 5.07. The van der Waals surface area contributed by atoms with Gasteiger partial charge in [-0.3, -0.25) is 24.0 Å². The molecule has 3 aromatic carbocycles. The van der Waals surface area contributed by atoms with Gasteiger partial charge < -0.3 is 0 Å². The van der Waals surface area contributed by atoms with Crippen molar-refractivity contribution in [2.45, 2.75) is 12.5 Å². The Morgan fingerprint density at radius 3 is 1.53 bits per heavy atom. The van der Waals surface area contributed by atoms with Crippen molar-refractivity contribution < 1.29 is 33.2 Å². The summed E-state index contributed by atoms with van der Waals surface area (Å²) in [4.78, 5) is 62.5. The molecule has 1 atom stereocenters. The first-order chi connectivity index (χ1) is 16.3. The molecule has 170 valence electrons. The molecule has 0 radical (unpaired) electrons. The highest BCUT2D eigenvalue weighted by Gasteiger charge is 2.44. The molecule has 5 rings (SSSR count). The van der Waals surface area contributed by atoms with Crippen molar-refractivity contribution in [1.82, 2.24) is 10.1 Å². The van der Waals surface area contributed by atoms with E-state index in [0.29, 0.717) is 15.7 Å². The van der Waals surface area contributed by atoms with Gasteiger partial charge in [0.25, 0.3) is 23.6 Å². The first-order valence-corrected chi connectivity index (χ1v) is 10.3. The minimum Gasteiger partial charge on any atom is -0.266 e. The van der Waals surface area contributed by atoms with Gasteiger partial charge in [0.1, 0.15) is 18.0 Å². The van der Waals surface area contributed by atoms with E-state index in [-0.39, 0.29) is 22.3 Å². The molecule has 0 saturated carbocycles. The highest BCUT2D eigenvalue weighted by molar-refractivity contribution is 6.21. The van der Waals surface area contributed by atoms with Crippen LogP contribution in [0.15, 0.2) is 72.8 Å². The van der Waals surface area contributed by atoms with Crippen LogP contribution in [0.1, 0.15) is 53.9 Å². The normalized spacial score (nSPS) is 16.6. The molecule has 3 aromatic rings. The molecule has 2 aliphatic rings. The number of rotatable bonds is 6. The molecule has 0 fully saturated rings. The number of amides is 4. The van der Waals surface area contributed by atoms with Gasteiger partial charge in [-0.1, -0.05) is 36.4 Å². The van der Waals surface area contributed by atoms with Crippen molar-refractivity contribution in [1.29, 1.82) is 0 Å². The molecule has 8 nitrogen and oxygen atoms in total. The zero-order valence-electron chi connectivity index (χ0n) is 17.9. The molecular formula is C25H17FN2O6. The predicted octanol–water partition coefficient (Wildman–Crippen LogP) is 3.50. The monoisotopic (exact) mass is 460 g/mol. The number of nitrogens with zero attached hydrogens (tertiary/aromatic N) is 2. The largest absolute Gasteiger partial charge is 0.285 e. The van der Waals surface area contributed by atoms with Gasteiger partial charge in [-0.05, 0) is 48.9 Å². The van der Waals surface area contributed by atoms with Crippen molar-refractivity contribution in [3.63, 3.8) is 0 Å². The molecule has 1 unspecified atom stereocenters. The maximum Gasteiger partial charge on any atom is 0.285 e. The van der Waals surface area contributed by atoms with Crippen LogP contribution in [0.4, 0.5) is 4.39 Å². The second-order valence-corrected chi connectivity index (χ2v) is 8.00. The quantitative estimate of drug-likeness (QED) is 0.523. The van der Waals surface area contributed by atoms with E-state index in [0.717, 1.165) is 0 Å². The minimum absolute atomic E-state index is 0.176. The molecule has 0 saturated heterocycles. The van der Waals surface area contributed by atoms with E-state index in [4.69, 9.17) is 9.68 Å². The summed E-state index contributed by atoms with van der Waals surface area (Å²) < 4.78 is 13.6. The number of benzene rings is 3. The standard InChI is InChI=1S/C25H17FN2O6/c1-25(15-10-12-16(26)13-11-15,34-28-23(31)19-8-4-5-9-20(19)24(28)32)14-33-27-21(29)17-6-2-3-7-18(17)22(27)30/h2-13H,14H2,1H3. The fraction of sp³-hybridized carbons (Fsp3) is 0.120. The van der Waals surface area contributed by atoms with E-state index < -0.39 is 41.7 Å². The second-order valence-electron chi connectivity index (χ2n) is 8.00. The van der Waals surface area contributed by atoms with Crippen molar-refractivity contribution in [2.75, 3.05) is 6.61 Å². The third-order valence-corrected chi connectivity index (χ3v) is 5.73. The van der Waals surface area contributed by atoms with Gasteiger partial charge in [-0.25, -0.2) is 9.23 Å². The number of hydrogen-bond donors (Lipinski definition) is 0. The molecule has 34 heavy (non-hydrogen) atoms. The van der Waals surface area contributed by atoms with Crippen LogP contribution in [0.25, 0.3) is 0 Å². The van der Waals surface area contributed by atoms with E-state index in [2.05, 4.69) is 0 Å². The first kappa shape index (κ1) is 21.6. The van der Waals surface area contributed by atoms with Crippen molar-refractivity contribution >= 4 is 23.6 Å². The van der Waals surface area contributed by atoms with E-state index in [9.17, 15) is 23.6 Å². The van der Waals surface area contributed by atoms with Crippen LogP contribution in [0.5, 0.6) is 0 Å². The van der Waals surface area contributed by atoms with Crippen molar-refractivity contribution in [3.05, 3.63) is 106 Å². The van der Waals surface area contributed by atoms with Gasteiger partial charge in [0.2, 0.25) is 0 Å². The number of carbonyl (C=O) groups excluding carboxylic acids is 4. The third-order valence-electron chi connectivity index (χ3n) is 5.73. The summed E-state index contributed by atoms with van der Waals surface area (Å²) in [6.07, 6.45) is 0. The van der Waals surface area contributed by atoms with Gasteiger partial charge in [-0.2, -0.15) is 0 Å². The molecule has 0 spiro atoms. The smallest absolute Gasteiger partial charge is 0.266 e. The number of fused-ring (bicyclic) bond motifs is 2. The Labute approximate surface area is 193 Å². The van der Waals surface area contributed by atoms with Gasteiger partial charge in [-0.15, -0.1) is 10.1 Å². The van der Waals surface area contributed by atoms with E-state index >= 15 is 0 Å². The molecule has 4 amide bonds. The molecule has 0 aromatic heterocycles. The maximum atomic E-state index is 13.6. The summed E-state index contributed by atoms with van der Waals surface area (Å²) >= 11 is 0. The first-order valence-electron chi connectivity index (χ1n) is 10.3. The molecule has 2 heterocycles. The van der Waals surface area contributed by atoms with Crippen LogP contribution >= 0.6 is 0 Å². The van der Waals surface area contributed by atoms with Crippen molar-refractivity contribution in [2.24, 2.45) is 0 Å². The maximum absolute atomic E-state index is 13.6. The predicted molar refractivity (Wildman–Crippen MR) is 115 cm³/mol. The summed E-state index contributed by atoms with van der Waals surface area (Å²) in [5.74, 6) is -3.15. The molecular weight excluding hydrogens is 443 g/mol. The van der Waals surface area contributed by atoms with Crippen LogP contribution in [-0.4, -0.2) is 40.4 Å². The Bertz CT molecular complexity index is 1290. The molecule has 0 N–H and O–H groups in total. The SMILES string of the molecule is CC(CON1C(=O)c2ccccc2C1=O)(ON1C(=O)c2ccccc2C1=O)c1ccc(F)cc1. The topological polar surface area (TPSA) is 93.2 Å². The number of imide groups is 2. The van der Waals surface area contributed by atoms with Gasteiger partial charge in [0.15, 0.2) is 0 Å². The van der Waals surface area contributed by atoms with Crippen LogP contribution in [0, 0.1) is 5.82 Å². The summed E-state index contributed by atoms with van der Waals surface area (Å²) in [7, 11) is 0. The summed E-state index contributed by atoms with van der Waals surface area (Å²) in [6.45, 7) is 1.06. The lowest BCUT2D eigenvalue weighted by Crippen LogP contribution is -2.44. The molecule has 0 bridgehead atoms. The zero-order valence-corrected chi connectivity index (χ0v) is 17.9.